The number of aryl methyl sites for hydroxylation is 1. The lowest BCUT2D eigenvalue weighted by atomic mass is 10.2. The molecule has 0 bridgehead atoms. The summed E-state index contributed by atoms with van der Waals surface area (Å²) in [6, 6.07) is 10.2. The maximum absolute atomic E-state index is 4.49. The molecule has 3 rings (SSSR count). The topological polar surface area (TPSA) is 42.7 Å². The summed E-state index contributed by atoms with van der Waals surface area (Å²) in [5.74, 6) is 0.858. The van der Waals surface area contributed by atoms with E-state index in [9.17, 15) is 0 Å². The molecule has 0 fully saturated rings. The van der Waals surface area contributed by atoms with Crippen LogP contribution in [0.3, 0.4) is 0 Å². The number of hydrogen-bond donors (Lipinski definition) is 1. The van der Waals surface area contributed by atoms with Crippen LogP contribution in [0.4, 0.5) is 5.95 Å². The fourth-order valence-corrected chi connectivity index (χ4v) is 2.17. The van der Waals surface area contributed by atoms with Crippen molar-refractivity contribution >= 4 is 16.9 Å². The molecule has 19 heavy (non-hydrogen) atoms. The molecule has 3 aromatic rings. The van der Waals surface area contributed by atoms with E-state index in [4.69, 9.17) is 0 Å². The lowest BCUT2D eigenvalue weighted by Crippen LogP contribution is -2.05. The van der Waals surface area contributed by atoms with E-state index in [-0.39, 0.29) is 0 Å². The van der Waals surface area contributed by atoms with Crippen LogP contribution in [0, 0.1) is 6.92 Å². The number of nitrogens with zero attached hydrogens (tertiary/aromatic N) is 3. The van der Waals surface area contributed by atoms with Crippen molar-refractivity contribution in [1.82, 2.24) is 14.5 Å². The van der Waals surface area contributed by atoms with E-state index in [1.54, 1.807) is 0 Å². The Morgan fingerprint density at radius 2 is 2.11 bits per heavy atom. The highest BCUT2D eigenvalue weighted by Crippen LogP contribution is 2.20. The maximum atomic E-state index is 4.49. The van der Waals surface area contributed by atoms with E-state index in [0.29, 0.717) is 0 Å². The second kappa shape index (κ2) is 4.72. The summed E-state index contributed by atoms with van der Waals surface area (Å²) >= 11 is 0. The maximum Gasteiger partial charge on any atom is 0.207 e. The molecule has 0 aliphatic heterocycles. The van der Waals surface area contributed by atoms with E-state index >= 15 is 0 Å². The zero-order chi connectivity index (χ0) is 13.2. The highest BCUT2D eigenvalue weighted by atomic mass is 15.2. The second-order valence-corrected chi connectivity index (χ2v) is 4.49. The fourth-order valence-electron chi connectivity index (χ4n) is 2.17. The number of rotatable bonds is 3. The molecule has 4 heteroatoms. The number of anilines is 1. The molecule has 0 unspecified atom stereocenters. The molecule has 1 N–H and O–H groups in total. The fraction of sp³-hybridized carbons (Fsp3) is 0.200. The quantitative estimate of drug-likeness (QED) is 0.778. The first-order valence-electron chi connectivity index (χ1n) is 6.43. The number of benzene rings is 1. The Morgan fingerprint density at radius 3 is 2.95 bits per heavy atom. The summed E-state index contributed by atoms with van der Waals surface area (Å²) in [6.07, 6.45) is 3.90. The van der Waals surface area contributed by atoms with Gasteiger partial charge in [-0.15, -0.1) is 0 Å². The predicted molar refractivity (Wildman–Crippen MR) is 77.8 cm³/mol. The molecule has 0 saturated carbocycles. The van der Waals surface area contributed by atoms with Crippen LogP contribution < -0.4 is 5.32 Å². The third-order valence-electron chi connectivity index (χ3n) is 3.02. The predicted octanol–water partition coefficient (Wildman–Crippen LogP) is 3.16. The number of nitrogens with one attached hydrogen (secondary N) is 1. The van der Waals surface area contributed by atoms with Gasteiger partial charge < -0.3 is 5.32 Å². The van der Waals surface area contributed by atoms with Gasteiger partial charge in [0.25, 0.3) is 0 Å². The number of para-hydroxylation sites is 1. The molecule has 0 aliphatic carbocycles. The van der Waals surface area contributed by atoms with Crippen molar-refractivity contribution in [3.63, 3.8) is 0 Å². The largest absolute Gasteiger partial charge is 0.356 e. The Balaban J connectivity index is 2.13. The first-order valence-corrected chi connectivity index (χ1v) is 6.43. The Bertz CT molecular complexity index is 715. The van der Waals surface area contributed by atoms with Gasteiger partial charge in [0, 0.05) is 18.1 Å². The lowest BCUT2D eigenvalue weighted by molar-refractivity contribution is 1.02. The molecule has 4 nitrogen and oxygen atoms in total. The number of aromatic nitrogens is 3. The van der Waals surface area contributed by atoms with Crippen molar-refractivity contribution in [2.75, 3.05) is 11.9 Å². The van der Waals surface area contributed by atoms with Gasteiger partial charge in [0.2, 0.25) is 5.95 Å². The van der Waals surface area contributed by atoms with E-state index in [2.05, 4.69) is 34.3 Å². The molecular weight excluding hydrogens is 236 g/mol. The van der Waals surface area contributed by atoms with Crippen molar-refractivity contribution < 1.29 is 0 Å². The van der Waals surface area contributed by atoms with Crippen LogP contribution in [0.1, 0.15) is 12.6 Å². The minimum atomic E-state index is 0.845. The summed E-state index contributed by atoms with van der Waals surface area (Å²) in [4.78, 5) is 8.97. The normalized spacial score (nSPS) is 10.8. The highest BCUT2D eigenvalue weighted by Gasteiger charge is 2.07. The van der Waals surface area contributed by atoms with Gasteiger partial charge in [0.15, 0.2) is 0 Å². The smallest absolute Gasteiger partial charge is 0.207 e. The van der Waals surface area contributed by atoms with Crippen molar-refractivity contribution in [3.05, 3.63) is 48.4 Å². The minimum absolute atomic E-state index is 0.845. The number of hydrogen-bond acceptors (Lipinski definition) is 3. The zero-order valence-electron chi connectivity index (χ0n) is 11.1. The van der Waals surface area contributed by atoms with Crippen molar-refractivity contribution in [2.45, 2.75) is 13.8 Å². The number of fused-ring (bicyclic) bond motifs is 1. The molecule has 96 valence electrons. The van der Waals surface area contributed by atoms with Gasteiger partial charge in [-0.1, -0.05) is 18.2 Å². The van der Waals surface area contributed by atoms with Crippen LogP contribution in [0.2, 0.25) is 0 Å². The summed E-state index contributed by atoms with van der Waals surface area (Å²) in [5, 5.41) is 4.40. The monoisotopic (exact) mass is 252 g/mol. The zero-order valence-corrected chi connectivity index (χ0v) is 11.1. The minimum Gasteiger partial charge on any atom is -0.356 e. The van der Waals surface area contributed by atoms with Crippen molar-refractivity contribution in [3.8, 4) is 5.69 Å². The van der Waals surface area contributed by atoms with Crippen LogP contribution in [-0.2, 0) is 0 Å². The Hall–Kier alpha value is -2.36. The summed E-state index contributed by atoms with van der Waals surface area (Å²) in [7, 11) is 0. The molecule has 0 radical (unpaired) electrons. The van der Waals surface area contributed by atoms with Crippen molar-refractivity contribution in [2.24, 2.45) is 0 Å². The van der Waals surface area contributed by atoms with Crippen LogP contribution in [0.15, 0.2) is 42.7 Å². The van der Waals surface area contributed by atoms with E-state index in [0.717, 1.165) is 34.8 Å². The average molecular weight is 252 g/mol. The van der Waals surface area contributed by atoms with Gasteiger partial charge in [0.05, 0.1) is 23.1 Å². The molecule has 0 saturated heterocycles. The van der Waals surface area contributed by atoms with Crippen LogP contribution in [-0.4, -0.2) is 21.1 Å². The first-order chi connectivity index (χ1) is 9.28. The van der Waals surface area contributed by atoms with Crippen LogP contribution in [0.5, 0.6) is 0 Å². The van der Waals surface area contributed by atoms with Gasteiger partial charge in [-0.3, -0.25) is 9.55 Å². The van der Waals surface area contributed by atoms with E-state index < -0.39 is 0 Å². The SMILES string of the molecule is CCNc1nc(C)cn1-c1cnc2ccccc2c1. The molecule has 0 atom stereocenters. The molecule has 1 aromatic carbocycles. The average Bonchev–Trinajstić information content (AvgIpc) is 2.80. The lowest BCUT2D eigenvalue weighted by Gasteiger charge is -2.08. The van der Waals surface area contributed by atoms with Crippen molar-refractivity contribution in [1.29, 1.82) is 0 Å². The number of pyridine rings is 1. The third kappa shape index (κ3) is 2.17. The summed E-state index contributed by atoms with van der Waals surface area (Å²) < 4.78 is 2.04. The van der Waals surface area contributed by atoms with Gasteiger partial charge in [-0.25, -0.2) is 4.98 Å². The Morgan fingerprint density at radius 1 is 1.26 bits per heavy atom. The van der Waals surface area contributed by atoms with Gasteiger partial charge in [-0.05, 0) is 26.0 Å². The highest BCUT2D eigenvalue weighted by molar-refractivity contribution is 5.80. The second-order valence-electron chi connectivity index (χ2n) is 4.49. The molecule has 0 amide bonds. The molecule has 2 heterocycles. The molecule has 0 spiro atoms. The van der Waals surface area contributed by atoms with E-state index in [1.807, 2.05) is 42.1 Å². The van der Waals surface area contributed by atoms with Gasteiger partial charge in [0.1, 0.15) is 0 Å². The third-order valence-corrected chi connectivity index (χ3v) is 3.02. The summed E-state index contributed by atoms with van der Waals surface area (Å²) in [6.45, 7) is 4.90. The van der Waals surface area contributed by atoms with Crippen LogP contribution in [0.25, 0.3) is 16.6 Å². The standard InChI is InChI=1S/C15H16N4/c1-3-16-15-18-11(2)10-19(15)13-8-12-6-4-5-7-14(12)17-9-13/h4-10H,3H2,1-2H3,(H,16,18). The molecule has 0 aliphatic rings. The van der Waals surface area contributed by atoms with Gasteiger partial charge in [-0.2, -0.15) is 0 Å². The first kappa shape index (κ1) is 11.7. The number of imidazole rings is 1. The molecular formula is C15H16N4. The van der Waals surface area contributed by atoms with Gasteiger partial charge >= 0.3 is 0 Å². The van der Waals surface area contributed by atoms with E-state index in [1.165, 1.54) is 0 Å². The van der Waals surface area contributed by atoms with Crippen LogP contribution >= 0.6 is 0 Å². The Labute approximate surface area is 112 Å². The molecule has 2 aromatic heterocycles. The Kier molecular flexibility index (Phi) is 2.91. The summed E-state index contributed by atoms with van der Waals surface area (Å²) in [5.41, 5.74) is 3.02.